The molecule has 0 aliphatic carbocycles. The standard InChI is InChI=1S/C18H20N2O3/c1-23-17-10-6-15(7-11-17)18-3-2-12-19(18)13-14-4-8-16(9-5-14)20(21)22/h4-11,18H,2-3,12-13H2,1H3. The van der Waals surface area contributed by atoms with E-state index in [0.717, 1.165) is 30.8 Å². The molecule has 1 unspecified atom stereocenters. The minimum Gasteiger partial charge on any atom is -0.497 e. The number of rotatable bonds is 5. The normalized spacial score (nSPS) is 18.0. The molecule has 0 bridgehead atoms. The molecule has 3 rings (SSSR count). The number of likely N-dealkylation sites (tertiary alicyclic amines) is 1. The number of non-ortho nitro benzene ring substituents is 1. The molecule has 0 amide bonds. The van der Waals surface area contributed by atoms with Crippen LogP contribution in [0.1, 0.15) is 30.0 Å². The Morgan fingerprint density at radius 1 is 1.17 bits per heavy atom. The fourth-order valence-corrected chi connectivity index (χ4v) is 3.18. The first-order chi connectivity index (χ1) is 11.2. The Hall–Kier alpha value is -2.40. The molecule has 2 aromatic rings. The van der Waals surface area contributed by atoms with Crippen molar-refractivity contribution in [1.82, 2.24) is 4.90 Å². The van der Waals surface area contributed by atoms with Gasteiger partial charge in [0.2, 0.25) is 0 Å². The Kier molecular flexibility index (Phi) is 4.57. The predicted molar refractivity (Wildman–Crippen MR) is 88.5 cm³/mol. The molecule has 1 atom stereocenters. The minimum absolute atomic E-state index is 0.141. The molecule has 1 heterocycles. The largest absolute Gasteiger partial charge is 0.497 e. The van der Waals surface area contributed by atoms with Crippen molar-refractivity contribution in [1.29, 1.82) is 0 Å². The van der Waals surface area contributed by atoms with Crippen LogP contribution >= 0.6 is 0 Å². The van der Waals surface area contributed by atoms with Gasteiger partial charge in [-0.2, -0.15) is 0 Å². The maximum absolute atomic E-state index is 10.7. The zero-order chi connectivity index (χ0) is 16.2. The van der Waals surface area contributed by atoms with Crippen molar-refractivity contribution >= 4 is 5.69 Å². The fourth-order valence-electron chi connectivity index (χ4n) is 3.18. The maximum Gasteiger partial charge on any atom is 0.269 e. The van der Waals surface area contributed by atoms with Crippen molar-refractivity contribution in [2.24, 2.45) is 0 Å². The molecule has 1 saturated heterocycles. The number of benzene rings is 2. The van der Waals surface area contributed by atoms with Crippen molar-refractivity contribution in [3.63, 3.8) is 0 Å². The van der Waals surface area contributed by atoms with Crippen LogP contribution in [-0.4, -0.2) is 23.5 Å². The van der Waals surface area contributed by atoms with Gasteiger partial charge < -0.3 is 4.74 Å². The zero-order valence-corrected chi connectivity index (χ0v) is 13.1. The van der Waals surface area contributed by atoms with E-state index in [-0.39, 0.29) is 10.6 Å². The third-order valence-electron chi connectivity index (χ3n) is 4.40. The molecule has 0 saturated carbocycles. The Morgan fingerprint density at radius 3 is 2.48 bits per heavy atom. The second-order valence-electron chi connectivity index (χ2n) is 5.83. The van der Waals surface area contributed by atoms with Gasteiger partial charge in [-0.05, 0) is 42.6 Å². The highest BCUT2D eigenvalue weighted by Crippen LogP contribution is 2.34. The van der Waals surface area contributed by atoms with Gasteiger partial charge in [-0.3, -0.25) is 15.0 Å². The van der Waals surface area contributed by atoms with Crippen LogP contribution in [0.3, 0.4) is 0 Å². The highest BCUT2D eigenvalue weighted by atomic mass is 16.6. The number of nitro groups is 1. The van der Waals surface area contributed by atoms with Crippen LogP contribution in [0.4, 0.5) is 5.69 Å². The summed E-state index contributed by atoms with van der Waals surface area (Å²) < 4.78 is 5.22. The van der Waals surface area contributed by atoms with E-state index in [1.807, 2.05) is 24.3 Å². The van der Waals surface area contributed by atoms with Crippen molar-refractivity contribution in [2.75, 3.05) is 13.7 Å². The quantitative estimate of drug-likeness (QED) is 0.620. The van der Waals surface area contributed by atoms with Gasteiger partial charge in [0.05, 0.1) is 12.0 Å². The topological polar surface area (TPSA) is 55.6 Å². The van der Waals surface area contributed by atoms with Gasteiger partial charge in [0.25, 0.3) is 5.69 Å². The lowest BCUT2D eigenvalue weighted by atomic mass is 10.0. The molecule has 0 spiro atoms. The van der Waals surface area contributed by atoms with Crippen LogP contribution in [0.2, 0.25) is 0 Å². The summed E-state index contributed by atoms with van der Waals surface area (Å²) >= 11 is 0. The lowest BCUT2D eigenvalue weighted by Crippen LogP contribution is -2.22. The summed E-state index contributed by atoms with van der Waals surface area (Å²) in [5.74, 6) is 0.869. The average Bonchev–Trinajstić information content (AvgIpc) is 3.03. The minimum atomic E-state index is -0.361. The number of nitrogens with zero attached hydrogens (tertiary/aromatic N) is 2. The molecule has 2 aromatic carbocycles. The summed E-state index contributed by atoms with van der Waals surface area (Å²) in [5.41, 5.74) is 2.54. The van der Waals surface area contributed by atoms with E-state index >= 15 is 0 Å². The molecule has 5 heteroatoms. The summed E-state index contributed by atoms with van der Waals surface area (Å²) in [6.45, 7) is 1.86. The number of methoxy groups -OCH3 is 1. The Morgan fingerprint density at radius 2 is 1.87 bits per heavy atom. The lowest BCUT2D eigenvalue weighted by molar-refractivity contribution is -0.384. The summed E-state index contributed by atoms with van der Waals surface area (Å²) in [6, 6.07) is 15.5. The molecule has 23 heavy (non-hydrogen) atoms. The van der Waals surface area contributed by atoms with Gasteiger partial charge in [0.1, 0.15) is 5.75 Å². The second kappa shape index (κ2) is 6.79. The number of ether oxygens (including phenoxy) is 1. The Bertz CT molecular complexity index is 668. The molecule has 120 valence electrons. The molecule has 0 aromatic heterocycles. The van der Waals surface area contributed by atoms with Gasteiger partial charge in [-0.15, -0.1) is 0 Å². The molecule has 1 fully saturated rings. The molecular formula is C18H20N2O3. The van der Waals surface area contributed by atoms with E-state index < -0.39 is 0 Å². The van der Waals surface area contributed by atoms with E-state index in [2.05, 4.69) is 17.0 Å². The molecule has 0 radical (unpaired) electrons. The first kappa shape index (κ1) is 15.5. The van der Waals surface area contributed by atoms with Gasteiger partial charge >= 0.3 is 0 Å². The van der Waals surface area contributed by atoms with Crippen molar-refractivity contribution < 1.29 is 9.66 Å². The average molecular weight is 312 g/mol. The van der Waals surface area contributed by atoms with Crippen LogP contribution in [0.25, 0.3) is 0 Å². The third kappa shape index (κ3) is 3.51. The summed E-state index contributed by atoms with van der Waals surface area (Å²) in [7, 11) is 1.67. The highest BCUT2D eigenvalue weighted by molar-refractivity contribution is 5.33. The Labute approximate surface area is 135 Å². The highest BCUT2D eigenvalue weighted by Gasteiger charge is 2.26. The molecular weight excluding hydrogens is 292 g/mol. The number of hydrogen-bond acceptors (Lipinski definition) is 4. The van der Waals surface area contributed by atoms with Crippen LogP contribution in [-0.2, 0) is 6.54 Å². The van der Waals surface area contributed by atoms with Crippen molar-refractivity contribution in [3.8, 4) is 5.75 Å². The molecule has 0 N–H and O–H groups in total. The Balaban J connectivity index is 1.72. The smallest absolute Gasteiger partial charge is 0.269 e. The summed E-state index contributed by atoms with van der Waals surface area (Å²) in [5, 5.41) is 10.7. The first-order valence-corrected chi connectivity index (χ1v) is 7.78. The van der Waals surface area contributed by atoms with Crippen molar-refractivity contribution in [2.45, 2.75) is 25.4 Å². The van der Waals surface area contributed by atoms with Crippen LogP contribution < -0.4 is 4.74 Å². The van der Waals surface area contributed by atoms with E-state index in [4.69, 9.17) is 4.74 Å². The van der Waals surface area contributed by atoms with Gasteiger partial charge in [-0.1, -0.05) is 24.3 Å². The van der Waals surface area contributed by atoms with E-state index in [1.165, 1.54) is 12.0 Å². The van der Waals surface area contributed by atoms with E-state index in [1.54, 1.807) is 19.2 Å². The van der Waals surface area contributed by atoms with Crippen molar-refractivity contribution in [3.05, 3.63) is 69.8 Å². The second-order valence-corrected chi connectivity index (χ2v) is 5.83. The van der Waals surface area contributed by atoms with Crippen LogP contribution in [0.15, 0.2) is 48.5 Å². The van der Waals surface area contributed by atoms with E-state index in [9.17, 15) is 10.1 Å². The monoisotopic (exact) mass is 312 g/mol. The zero-order valence-electron chi connectivity index (χ0n) is 13.1. The summed E-state index contributed by atoms with van der Waals surface area (Å²) in [6.07, 6.45) is 2.31. The lowest BCUT2D eigenvalue weighted by Gasteiger charge is -2.25. The number of hydrogen-bond donors (Lipinski definition) is 0. The third-order valence-corrected chi connectivity index (χ3v) is 4.40. The van der Waals surface area contributed by atoms with Gasteiger partial charge in [-0.25, -0.2) is 0 Å². The molecule has 1 aliphatic heterocycles. The SMILES string of the molecule is COc1ccc(C2CCCN2Cc2ccc([N+](=O)[O-])cc2)cc1. The molecule has 5 nitrogen and oxygen atoms in total. The van der Waals surface area contributed by atoms with Gasteiger partial charge in [0.15, 0.2) is 0 Å². The van der Waals surface area contributed by atoms with Crippen LogP contribution in [0.5, 0.6) is 5.75 Å². The first-order valence-electron chi connectivity index (χ1n) is 7.78. The fraction of sp³-hybridized carbons (Fsp3) is 0.333. The predicted octanol–water partition coefficient (Wildman–Crippen LogP) is 3.94. The van der Waals surface area contributed by atoms with E-state index in [0.29, 0.717) is 6.04 Å². The molecule has 1 aliphatic rings. The van der Waals surface area contributed by atoms with Gasteiger partial charge in [0, 0.05) is 24.7 Å². The van der Waals surface area contributed by atoms with Crippen LogP contribution in [0, 0.1) is 10.1 Å². The number of nitro benzene ring substituents is 1. The summed E-state index contributed by atoms with van der Waals surface area (Å²) in [4.78, 5) is 12.8. The maximum atomic E-state index is 10.7.